The van der Waals surface area contributed by atoms with Gasteiger partial charge in [0.15, 0.2) is 5.65 Å². The number of fused-ring (bicyclic) bond motifs is 5. The molecular formula is C23H25N5S. The van der Waals surface area contributed by atoms with Gasteiger partial charge in [0, 0.05) is 18.0 Å². The largest absolute Gasteiger partial charge is 0.341 e. The highest BCUT2D eigenvalue weighted by Crippen LogP contribution is 2.38. The Kier molecular flexibility index (Phi) is 4.26. The maximum atomic E-state index is 5.12. The maximum absolute atomic E-state index is 5.12. The monoisotopic (exact) mass is 403 g/mol. The van der Waals surface area contributed by atoms with Crippen LogP contribution in [0.3, 0.4) is 0 Å². The van der Waals surface area contributed by atoms with E-state index in [1.54, 1.807) is 6.33 Å². The third kappa shape index (κ3) is 3.01. The van der Waals surface area contributed by atoms with Crippen LogP contribution in [-0.2, 0) is 19.3 Å². The lowest BCUT2D eigenvalue weighted by Gasteiger charge is -2.32. The summed E-state index contributed by atoms with van der Waals surface area (Å²) in [7, 11) is 0. The molecule has 0 N–H and O–H groups in total. The molecule has 1 aliphatic carbocycles. The fourth-order valence-electron chi connectivity index (χ4n) is 5.05. The zero-order valence-corrected chi connectivity index (χ0v) is 17.4. The average molecular weight is 404 g/mol. The van der Waals surface area contributed by atoms with Gasteiger partial charge in [0.2, 0.25) is 5.95 Å². The third-order valence-corrected chi connectivity index (χ3v) is 7.77. The first-order valence-electron chi connectivity index (χ1n) is 10.8. The number of nitrogens with zero attached hydrogens (tertiary/aromatic N) is 5. The van der Waals surface area contributed by atoms with E-state index in [-0.39, 0.29) is 0 Å². The van der Waals surface area contributed by atoms with Crippen LogP contribution in [0, 0.1) is 5.92 Å². The number of rotatable bonds is 3. The Bertz CT molecular complexity index is 1150. The van der Waals surface area contributed by atoms with Gasteiger partial charge in [-0.1, -0.05) is 30.3 Å². The first-order chi connectivity index (χ1) is 14.4. The molecule has 0 bridgehead atoms. The second-order valence-electron chi connectivity index (χ2n) is 8.42. The number of aryl methyl sites for hydroxylation is 2. The summed E-state index contributed by atoms with van der Waals surface area (Å²) in [6.07, 6.45) is 10.2. The zero-order chi connectivity index (χ0) is 19.2. The SMILES string of the molecule is c1ccc(CC2CCN(c3nc4sc5c(c4c4ncnn34)CCCC5)CC2)cc1. The molecule has 0 spiro atoms. The molecule has 0 saturated carbocycles. The summed E-state index contributed by atoms with van der Waals surface area (Å²) < 4.78 is 1.99. The van der Waals surface area contributed by atoms with Crippen molar-refractivity contribution in [2.45, 2.75) is 44.9 Å². The summed E-state index contributed by atoms with van der Waals surface area (Å²) in [5.41, 5.74) is 3.93. The Labute approximate surface area is 174 Å². The number of benzene rings is 1. The summed E-state index contributed by atoms with van der Waals surface area (Å²) >= 11 is 1.88. The molecule has 2 aliphatic rings. The minimum Gasteiger partial charge on any atom is -0.341 e. The Morgan fingerprint density at radius 1 is 1.03 bits per heavy atom. The van der Waals surface area contributed by atoms with E-state index in [0.29, 0.717) is 0 Å². The highest BCUT2D eigenvalue weighted by atomic mass is 32.1. The predicted octanol–water partition coefficient (Wildman–Crippen LogP) is 4.68. The average Bonchev–Trinajstić information content (AvgIpc) is 3.39. The summed E-state index contributed by atoms with van der Waals surface area (Å²) in [6, 6.07) is 10.9. The third-order valence-electron chi connectivity index (χ3n) is 6.58. The van der Waals surface area contributed by atoms with Crippen LogP contribution in [0.4, 0.5) is 5.95 Å². The first kappa shape index (κ1) is 17.4. The van der Waals surface area contributed by atoms with E-state index in [1.807, 2.05) is 15.9 Å². The summed E-state index contributed by atoms with van der Waals surface area (Å²) in [5, 5.41) is 5.82. The molecule has 6 rings (SSSR count). The molecule has 1 aliphatic heterocycles. The molecule has 3 aromatic heterocycles. The molecule has 1 aromatic carbocycles. The van der Waals surface area contributed by atoms with E-state index in [9.17, 15) is 0 Å². The van der Waals surface area contributed by atoms with Crippen molar-refractivity contribution in [3.05, 3.63) is 52.7 Å². The van der Waals surface area contributed by atoms with Crippen molar-refractivity contribution >= 4 is 33.1 Å². The molecule has 1 fully saturated rings. The first-order valence-corrected chi connectivity index (χ1v) is 11.6. The Balaban J connectivity index is 1.30. The summed E-state index contributed by atoms with van der Waals surface area (Å²) in [4.78, 5) is 14.8. The molecule has 0 amide bonds. The van der Waals surface area contributed by atoms with Crippen molar-refractivity contribution in [3.8, 4) is 0 Å². The van der Waals surface area contributed by atoms with Crippen LogP contribution in [0.25, 0.3) is 15.9 Å². The topological polar surface area (TPSA) is 46.3 Å². The molecule has 0 atom stereocenters. The van der Waals surface area contributed by atoms with Crippen molar-refractivity contribution in [1.82, 2.24) is 19.6 Å². The number of piperidine rings is 1. The van der Waals surface area contributed by atoms with Gasteiger partial charge in [-0.05, 0) is 62.0 Å². The minimum atomic E-state index is 0.748. The van der Waals surface area contributed by atoms with Crippen LogP contribution in [0.2, 0.25) is 0 Å². The van der Waals surface area contributed by atoms with Crippen molar-refractivity contribution in [1.29, 1.82) is 0 Å². The van der Waals surface area contributed by atoms with Gasteiger partial charge in [0.05, 0.1) is 5.39 Å². The molecule has 1 saturated heterocycles. The number of anilines is 1. The van der Waals surface area contributed by atoms with Crippen LogP contribution in [0.5, 0.6) is 0 Å². The second kappa shape index (κ2) is 7.10. The lowest BCUT2D eigenvalue weighted by Crippen LogP contribution is -2.36. The van der Waals surface area contributed by atoms with E-state index in [4.69, 9.17) is 4.98 Å². The smallest absolute Gasteiger partial charge is 0.229 e. The van der Waals surface area contributed by atoms with Crippen LogP contribution in [0.15, 0.2) is 36.7 Å². The van der Waals surface area contributed by atoms with Gasteiger partial charge < -0.3 is 4.90 Å². The number of thiophene rings is 1. The molecule has 5 nitrogen and oxygen atoms in total. The molecule has 0 radical (unpaired) electrons. The number of hydrogen-bond acceptors (Lipinski definition) is 5. The van der Waals surface area contributed by atoms with Gasteiger partial charge in [0.1, 0.15) is 11.2 Å². The number of hydrogen-bond donors (Lipinski definition) is 0. The van der Waals surface area contributed by atoms with Gasteiger partial charge in [-0.25, -0.2) is 9.97 Å². The lowest BCUT2D eigenvalue weighted by atomic mass is 9.90. The van der Waals surface area contributed by atoms with Crippen LogP contribution < -0.4 is 4.90 Å². The number of aromatic nitrogens is 4. The fraction of sp³-hybridized carbons (Fsp3) is 0.435. The van der Waals surface area contributed by atoms with Gasteiger partial charge in [-0.3, -0.25) is 0 Å². The summed E-state index contributed by atoms with van der Waals surface area (Å²) in [5.74, 6) is 1.72. The highest BCUT2D eigenvalue weighted by Gasteiger charge is 2.26. The summed E-state index contributed by atoms with van der Waals surface area (Å²) in [6.45, 7) is 2.08. The van der Waals surface area contributed by atoms with Crippen molar-refractivity contribution < 1.29 is 0 Å². The van der Waals surface area contributed by atoms with Gasteiger partial charge in [-0.2, -0.15) is 9.61 Å². The lowest BCUT2D eigenvalue weighted by molar-refractivity contribution is 0.399. The molecule has 0 unspecified atom stereocenters. The van der Waals surface area contributed by atoms with E-state index in [0.717, 1.165) is 41.9 Å². The zero-order valence-electron chi connectivity index (χ0n) is 16.5. The van der Waals surface area contributed by atoms with E-state index >= 15 is 0 Å². The van der Waals surface area contributed by atoms with Crippen LogP contribution in [0.1, 0.15) is 41.7 Å². The molecular weight excluding hydrogens is 378 g/mol. The normalized spacial score (nSPS) is 17.9. The molecule has 148 valence electrons. The predicted molar refractivity (Wildman–Crippen MR) is 118 cm³/mol. The van der Waals surface area contributed by atoms with E-state index < -0.39 is 0 Å². The fourth-order valence-corrected chi connectivity index (χ4v) is 6.30. The molecule has 4 aromatic rings. The standard InChI is InChI=1S/C23H25N5S/c1-2-6-16(7-3-1)14-17-10-12-27(13-11-17)23-26-22-20(21-24-15-25-28(21)23)18-8-4-5-9-19(18)29-22/h1-3,6-7,15,17H,4-5,8-14H2. The minimum absolute atomic E-state index is 0.748. The quantitative estimate of drug-likeness (QED) is 0.498. The molecule has 29 heavy (non-hydrogen) atoms. The van der Waals surface area contributed by atoms with Gasteiger partial charge in [0.25, 0.3) is 0 Å². The van der Waals surface area contributed by atoms with E-state index in [2.05, 4.69) is 45.3 Å². The van der Waals surface area contributed by atoms with Gasteiger partial charge in [-0.15, -0.1) is 11.3 Å². The maximum Gasteiger partial charge on any atom is 0.229 e. The Morgan fingerprint density at radius 3 is 2.72 bits per heavy atom. The molecule has 6 heteroatoms. The van der Waals surface area contributed by atoms with Crippen molar-refractivity contribution in [3.63, 3.8) is 0 Å². The highest BCUT2D eigenvalue weighted by molar-refractivity contribution is 7.19. The van der Waals surface area contributed by atoms with Crippen molar-refractivity contribution in [2.24, 2.45) is 5.92 Å². The van der Waals surface area contributed by atoms with Crippen molar-refractivity contribution in [2.75, 3.05) is 18.0 Å². The van der Waals surface area contributed by atoms with Crippen LogP contribution >= 0.6 is 11.3 Å². The molecule has 4 heterocycles. The Hall–Kier alpha value is -2.47. The van der Waals surface area contributed by atoms with Crippen LogP contribution in [-0.4, -0.2) is 32.7 Å². The Morgan fingerprint density at radius 2 is 1.86 bits per heavy atom. The van der Waals surface area contributed by atoms with E-state index in [1.165, 1.54) is 59.9 Å². The second-order valence-corrected chi connectivity index (χ2v) is 9.50. The van der Waals surface area contributed by atoms with Gasteiger partial charge >= 0.3 is 0 Å².